The summed E-state index contributed by atoms with van der Waals surface area (Å²) >= 11 is 9.24. The van der Waals surface area contributed by atoms with Gasteiger partial charge in [-0.15, -0.1) is 0 Å². The van der Waals surface area contributed by atoms with Gasteiger partial charge in [0.25, 0.3) is 0 Å². The largest absolute Gasteiger partial charge is 2.00 e. The van der Waals surface area contributed by atoms with Gasteiger partial charge in [-0.05, 0) is 72.8 Å². The molecule has 0 nitrogen and oxygen atoms in total. The van der Waals surface area contributed by atoms with Crippen LogP contribution in [0.2, 0.25) is 0 Å². The molecule has 0 spiro atoms. The summed E-state index contributed by atoms with van der Waals surface area (Å²) in [5.74, 6) is 0. The fourth-order valence-corrected chi connectivity index (χ4v) is 9.78. The molecule has 0 aromatic heterocycles. The second-order valence-electron chi connectivity index (χ2n) is 11.0. The monoisotopic (exact) mass is 871 g/mol. The molecule has 0 saturated heterocycles. The van der Waals surface area contributed by atoms with Gasteiger partial charge in [0, 0.05) is 0 Å². The zero-order chi connectivity index (χ0) is 33.0. The van der Waals surface area contributed by atoms with Crippen LogP contribution in [0.5, 0.6) is 0 Å². The zero-order valence-corrected chi connectivity index (χ0v) is 33.5. The molecule has 0 fully saturated rings. The zero-order valence-electron chi connectivity index (χ0n) is 27.6. The fourth-order valence-electron chi connectivity index (χ4n) is 4.63. The predicted octanol–water partition coefficient (Wildman–Crippen LogP) is 8.24. The molecule has 0 amide bonds. The van der Waals surface area contributed by atoms with Gasteiger partial charge in [-0.3, -0.25) is 0 Å². The van der Waals surface area contributed by atoms with Crippen molar-refractivity contribution in [1.82, 2.24) is 0 Å². The number of benzene rings is 6. The van der Waals surface area contributed by atoms with E-state index in [1.165, 1.54) is 31.8 Å². The van der Waals surface area contributed by atoms with E-state index in [9.17, 15) is 0 Å². The number of hydrogen-bond acceptors (Lipinski definition) is 2. The minimum absolute atomic E-state index is 0. The molecule has 0 N–H and O–H groups in total. The van der Waals surface area contributed by atoms with Gasteiger partial charge in [-0.1, -0.05) is 137 Å². The number of rotatable bonds is 6. The minimum atomic E-state index is -0.877. The molecule has 0 atom stereocenters. The molecule has 0 radical (unpaired) electrons. The van der Waals surface area contributed by atoms with Gasteiger partial charge in [-0.25, -0.2) is 0 Å². The van der Waals surface area contributed by atoms with E-state index in [4.69, 9.17) is 0 Å². The first-order valence-electron chi connectivity index (χ1n) is 15.7. The Labute approximate surface area is 312 Å². The van der Waals surface area contributed by atoms with Gasteiger partial charge in [0.1, 0.15) is 31.8 Å². The Morgan fingerprint density at radius 3 is 0.511 bits per heavy atom. The van der Waals surface area contributed by atoms with Gasteiger partial charge in [0.05, 0.1) is 15.8 Å². The summed E-state index contributed by atoms with van der Waals surface area (Å²) < 4.78 is 0. The average molecular weight is 872 g/mol. The normalized spacial score (nSPS) is 10.1. The molecular weight excluding hydrogens is 826 g/mol. The Morgan fingerprint density at radius 2 is 0.404 bits per heavy atom. The topological polar surface area (TPSA) is 0 Å². The van der Waals surface area contributed by atoms with Crippen LogP contribution < -0.4 is 31.8 Å². The molecule has 0 aliphatic rings. The van der Waals surface area contributed by atoms with Crippen molar-refractivity contribution >= 4 is 72.9 Å². The van der Waals surface area contributed by atoms with Crippen molar-refractivity contribution in [2.24, 2.45) is 0 Å². The Kier molecular flexibility index (Phi) is 20.7. The molecule has 0 aliphatic carbocycles. The van der Waals surface area contributed by atoms with Crippen molar-refractivity contribution in [3.8, 4) is 0 Å². The minimum Gasteiger partial charge on any atom is -0.790 e. The smallest absolute Gasteiger partial charge is 0.790 e. The Hall–Kier alpha value is -2.43. The molecule has 0 unspecified atom stereocenters. The first kappa shape index (κ1) is 40.7. The van der Waals surface area contributed by atoms with Crippen molar-refractivity contribution in [1.29, 1.82) is 0 Å². The SMILES string of the molecule is CC(C)[S-].CC(C)[S-].[Pt+2].c1ccc([PH+](c2ccccc2)c2ccccc2)cc1.c1ccc([PH+](c2ccccc2)c2ccccc2)cc1. The van der Waals surface area contributed by atoms with E-state index >= 15 is 0 Å². The van der Waals surface area contributed by atoms with Gasteiger partial charge in [-0.2, -0.15) is 10.5 Å². The number of hydrogen-bond donors (Lipinski definition) is 0. The van der Waals surface area contributed by atoms with Gasteiger partial charge >= 0.3 is 21.1 Å². The van der Waals surface area contributed by atoms with E-state index in [0.29, 0.717) is 10.5 Å². The van der Waals surface area contributed by atoms with Crippen LogP contribution >= 0.6 is 15.8 Å². The average Bonchev–Trinajstić information content (AvgIpc) is 3.08. The first-order valence-corrected chi connectivity index (χ1v) is 19.7. The molecular formula is C42H46P2PtS2+2. The van der Waals surface area contributed by atoms with E-state index in [1.807, 2.05) is 27.7 Å². The Bertz CT molecular complexity index is 1270. The van der Waals surface area contributed by atoms with Crippen molar-refractivity contribution in [2.45, 2.75) is 38.2 Å². The molecule has 0 bridgehead atoms. The first-order chi connectivity index (χ1) is 22.4. The second-order valence-corrected chi connectivity index (χ2v) is 17.9. The van der Waals surface area contributed by atoms with E-state index in [-0.39, 0.29) is 21.1 Å². The van der Waals surface area contributed by atoms with Crippen LogP contribution in [0, 0.1) is 0 Å². The maximum absolute atomic E-state index is 4.62. The van der Waals surface area contributed by atoms with Crippen molar-refractivity contribution < 1.29 is 21.1 Å². The van der Waals surface area contributed by atoms with Crippen LogP contribution in [0.4, 0.5) is 0 Å². The molecule has 0 aliphatic heterocycles. The van der Waals surface area contributed by atoms with E-state index in [1.54, 1.807) is 0 Å². The van der Waals surface area contributed by atoms with Gasteiger partial charge < -0.3 is 25.3 Å². The van der Waals surface area contributed by atoms with Crippen LogP contribution in [-0.4, -0.2) is 10.5 Å². The third-order valence-electron chi connectivity index (χ3n) is 6.37. The molecule has 6 aromatic rings. The predicted molar refractivity (Wildman–Crippen MR) is 218 cm³/mol. The molecule has 6 aromatic carbocycles. The summed E-state index contributed by atoms with van der Waals surface area (Å²) in [4.78, 5) is 0. The summed E-state index contributed by atoms with van der Waals surface area (Å²) in [5, 5.41) is 9.44. The van der Waals surface area contributed by atoms with Crippen molar-refractivity contribution in [3.63, 3.8) is 0 Å². The fraction of sp³-hybridized carbons (Fsp3) is 0.143. The third kappa shape index (κ3) is 15.6. The summed E-state index contributed by atoms with van der Waals surface area (Å²) in [6.45, 7) is 7.93. The van der Waals surface area contributed by atoms with E-state index in [2.05, 4.69) is 207 Å². The van der Waals surface area contributed by atoms with Crippen LogP contribution in [-0.2, 0) is 46.3 Å². The van der Waals surface area contributed by atoms with Crippen LogP contribution in [0.1, 0.15) is 27.7 Å². The maximum Gasteiger partial charge on any atom is 2.00 e. The van der Waals surface area contributed by atoms with Crippen LogP contribution in [0.3, 0.4) is 0 Å². The second kappa shape index (κ2) is 23.8. The maximum atomic E-state index is 4.62. The van der Waals surface area contributed by atoms with Crippen LogP contribution in [0.25, 0.3) is 0 Å². The van der Waals surface area contributed by atoms with Crippen LogP contribution in [0.15, 0.2) is 182 Å². The molecule has 0 saturated carbocycles. The molecule has 47 heavy (non-hydrogen) atoms. The quantitative estimate of drug-likeness (QED) is 0.122. The summed E-state index contributed by atoms with van der Waals surface area (Å²) in [5.41, 5.74) is 0. The third-order valence-corrected chi connectivity index (χ3v) is 11.8. The van der Waals surface area contributed by atoms with Crippen molar-refractivity contribution in [2.75, 3.05) is 0 Å². The summed E-state index contributed by atoms with van der Waals surface area (Å²) in [7, 11) is -1.75. The standard InChI is InChI=1S/2C18H15P.2C3H8S.Pt/c2*1-4-10-16(11-5-1)19(17-12-6-2-7-13-17)18-14-8-3-9-15-18;2*1-3(2)4;/h2*1-15H;2*3-4H,1-2H3;/q;;;;+2. The summed E-state index contributed by atoms with van der Waals surface area (Å²) in [6.07, 6.45) is 0. The van der Waals surface area contributed by atoms with Gasteiger partial charge in [0.15, 0.2) is 0 Å². The Balaban J connectivity index is 0.000000262. The molecule has 5 heteroatoms. The molecule has 0 heterocycles. The van der Waals surface area contributed by atoms with E-state index < -0.39 is 15.8 Å². The summed E-state index contributed by atoms with van der Waals surface area (Å²) in [6, 6.07) is 65.0. The van der Waals surface area contributed by atoms with Crippen molar-refractivity contribution in [3.05, 3.63) is 182 Å². The molecule has 244 valence electrons. The van der Waals surface area contributed by atoms with Gasteiger partial charge in [0.2, 0.25) is 0 Å². The Morgan fingerprint density at radius 1 is 0.298 bits per heavy atom. The molecule has 6 rings (SSSR count). The van der Waals surface area contributed by atoms with E-state index in [0.717, 1.165) is 0 Å².